The van der Waals surface area contributed by atoms with Crippen LogP contribution in [-0.2, 0) is 9.09 Å². The summed E-state index contributed by atoms with van der Waals surface area (Å²) in [6.45, 7) is 6.20. The van der Waals surface area contributed by atoms with E-state index in [2.05, 4.69) is 18.4 Å². The summed E-state index contributed by atoms with van der Waals surface area (Å²) >= 11 is 0. The summed E-state index contributed by atoms with van der Waals surface area (Å²) in [4.78, 5) is 8.66. The van der Waals surface area contributed by atoms with Crippen LogP contribution in [0.4, 0.5) is 0 Å². The summed E-state index contributed by atoms with van der Waals surface area (Å²) in [5.41, 5.74) is 0. The molecule has 3 nitrogen and oxygen atoms in total. The van der Waals surface area contributed by atoms with Gasteiger partial charge in [0.15, 0.2) is 0 Å². The van der Waals surface area contributed by atoms with E-state index in [-0.39, 0.29) is 6.16 Å². The lowest BCUT2D eigenvalue weighted by Gasteiger charge is -2.04. The molecule has 0 aromatic carbocycles. The van der Waals surface area contributed by atoms with Crippen LogP contribution in [0.2, 0.25) is 0 Å². The average molecular weight is 196 g/mol. The Labute approximate surface area is 75.7 Å². The van der Waals surface area contributed by atoms with Crippen molar-refractivity contribution < 1.29 is 14.0 Å². The van der Waals surface area contributed by atoms with Crippen LogP contribution in [0.1, 0.15) is 40.0 Å². The lowest BCUT2D eigenvalue weighted by Crippen LogP contribution is -1.87. The lowest BCUT2D eigenvalue weighted by atomic mass is 10.4. The Kier molecular flexibility index (Phi) is 11.3. The van der Waals surface area contributed by atoms with E-state index in [0.29, 0.717) is 6.42 Å². The fourth-order valence-corrected chi connectivity index (χ4v) is 1.12. The van der Waals surface area contributed by atoms with Crippen molar-refractivity contribution in [2.75, 3.05) is 13.3 Å². The highest BCUT2D eigenvalue weighted by Crippen LogP contribution is 2.40. The second kappa shape index (κ2) is 9.24. The standard InChI is InChI=1S/C4H11O3P.C4H10/c1-3-4-8(5,6)7-2;1-3-4-2/h3-4H2,1-2H3,(H,5,6);3-4H2,1-2H3. The van der Waals surface area contributed by atoms with Gasteiger partial charge in [0.1, 0.15) is 0 Å². The molecule has 0 saturated carbocycles. The molecule has 0 aliphatic carbocycles. The zero-order chi connectivity index (χ0) is 10.0. The quantitative estimate of drug-likeness (QED) is 0.703. The molecule has 0 radical (unpaired) electrons. The molecule has 0 rings (SSSR count). The summed E-state index contributed by atoms with van der Waals surface area (Å²) in [6, 6.07) is 0. The van der Waals surface area contributed by atoms with Gasteiger partial charge in [-0.05, 0) is 6.42 Å². The molecule has 0 amide bonds. The van der Waals surface area contributed by atoms with E-state index >= 15 is 0 Å². The Balaban J connectivity index is 0. The van der Waals surface area contributed by atoms with E-state index in [0.717, 1.165) is 0 Å². The average Bonchev–Trinajstić information content (AvgIpc) is 2.05. The SMILES string of the molecule is CCCC.CCCP(=O)(O)OC. The van der Waals surface area contributed by atoms with Crippen molar-refractivity contribution in [2.45, 2.75) is 40.0 Å². The van der Waals surface area contributed by atoms with Crippen molar-refractivity contribution in [3.8, 4) is 0 Å². The number of unbranched alkanes of at least 4 members (excludes halogenated alkanes) is 1. The lowest BCUT2D eigenvalue weighted by molar-refractivity contribution is 0.315. The van der Waals surface area contributed by atoms with Crippen molar-refractivity contribution in [3.63, 3.8) is 0 Å². The minimum atomic E-state index is -3.17. The third-order valence-electron chi connectivity index (χ3n) is 1.29. The first-order valence-corrected chi connectivity index (χ1v) is 6.17. The monoisotopic (exact) mass is 196 g/mol. The molecule has 1 unspecified atom stereocenters. The van der Waals surface area contributed by atoms with Gasteiger partial charge in [-0.25, -0.2) is 0 Å². The third-order valence-corrected chi connectivity index (χ3v) is 2.87. The normalized spacial score (nSPS) is 14.4. The molecule has 0 saturated heterocycles. The number of hydrogen-bond acceptors (Lipinski definition) is 2. The Bertz CT molecular complexity index is 123. The number of rotatable bonds is 4. The van der Waals surface area contributed by atoms with Crippen molar-refractivity contribution in [1.29, 1.82) is 0 Å². The summed E-state index contributed by atoms with van der Waals surface area (Å²) in [6.07, 6.45) is 3.57. The molecule has 0 fully saturated rings. The Morgan fingerprint density at radius 1 is 1.17 bits per heavy atom. The first kappa shape index (κ1) is 14.7. The van der Waals surface area contributed by atoms with Crippen LogP contribution >= 0.6 is 7.60 Å². The second-order valence-corrected chi connectivity index (χ2v) is 4.63. The molecule has 0 aliphatic rings. The zero-order valence-corrected chi connectivity index (χ0v) is 9.43. The van der Waals surface area contributed by atoms with Gasteiger partial charge in [0.25, 0.3) is 0 Å². The maximum Gasteiger partial charge on any atom is 0.327 e. The molecular formula is C8H21O3P. The van der Waals surface area contributed by atoms with Gasteiger partial charge in [-0.15, -0.1) is 0 Å². The van der Waals surface area contributed by atoms with Gasteiger partial charge in [0.2, 0.25) is 0 Å². The highest BCUT2D eigenvalue weighted by Gasteiger charge is 2.13. The molecule has 4 heteroatoms. The van der Waals surface area contributed by atoms with Crippen LogP contribution in [0.25, 0.3) is 0 Å². The van der Waals surface area contributed by atoms with E-state index < -0.39 is 7.60 Å². The number of hydrogen-bond donors (Lipinski definition) is 1. The van der Waals surface area contributed by atoms with Gasteiger partial charge >= 0.3 is 7.60 Å². The Hall–Kier alpha value is 0.150. The third kappa shape index (κ3) is 12.8. The largest absolute Gasteiger partial charge is 0.327 e. The molecule has 76 valence electrons. The summed E-state index contributed by atoms with van der Waals surface area (Å²) in [5, 5.41) is 0. The van der Waals surface area contributed by atoms with Crippen LogP contribution in [0.3, 0.4) is 0 Å². The molecule has 0 bridgehead atoms. The fourth-order valence-electron chi connectivity index (χ4n) is 0.374. The zero-order valence-electron chi connectivity index (χ0n) is 8.54. The molecule has 0 spiro atoms. The van der Waals surface area contributed by atoms with Gasteiger partial charge in [0, 0.05) is 13.3 Å². The smallest absolute Gasteiger partial charge is 0.324 e. The van der Waals surface area contributed by atoms with Gasteiger partial charge in [-0.1, -0.05) is 33.6 Å². The predicted octanol–water partition coefficient (Wildman–Crippen LogP) is 3.03. The Morgan fingerprint density at radius 3 is 1.67 bits per heavy atom. The van der Waals surface area contributed by atoms with E-state index in [4.69, 9.17) is 4.89 Å². The van der Waals surface area contributed by atoms with Gasteiger partial charge in [0.05, 0.1) is 0 Å². The topological polar surface area (TPSA) is 46.5 Å². The fraction of sp³-hybridized carbons (Fsp3) is 1.00. The van der Waals surface area contributed by atoms with Crippen molar-refractivity contribution in [1.82, 2.24) is 0 Å². The van der Waals surface area contributed by atoms with E-state index in [1.165, 1.54) is 20.0 Å². The van der Waals surface area contributed by atoms with Crippen LogP contribution in [0.5, 0.6) is 0 Å². The van der Waals surface area contributed by atoms with Gasteiger partial charge < -0.3 is 9.42 Å². The van der Waals surface area contributed by atoms with Crippen molar-refractivity contribution in [2.24, 2.45) is 0 Å². The summed E-state index contributed by atoms with van der Waals surface area (Å²) in [5.74, 6) is 0. The summed E-state index contributed by atoms with van der Waals surface area (Å²) < 4.78 is 14.8. The molecular weight excluding hydrogens is 175 g/mol. The van der Waals surface area contributed by atoms with E-state index in [1.54, 1.807) is 0 Å². The maximum atomic E-state index is 10.5. The minimum Gasteiger partial charge on any atom is -0.324 e. The molecule has 1 atom stereocenters. The summed E-state index contributed by atoms with van der Waals surface area (Å²) in [7, 11) is -1.93. The van der Waals surface area contributed by atoms with Crippen LogP contribution in [-0.4, -0.2) is 18.2 Å². The minimum absolute atomic E-state index is 0.253. The first-order chi connectivity index (χ1) is 5.54. The molecule has 0 aliphatic heterocycles. The second-order valence-electron chi connectivity index (χ2n) is 2.54. The predicted molar refractivity (Wildman–Crippen MR) is 52.6 cm³/mol. The first-order valence-electron chi connectivity index (χ1n) is 4.41. The van der Waals surface area contributed by atoms with E-state index in [1.807, 2.05) is 6.92 Å². The Morgan fingerprint density at radius 2 is 1.58 bits per heavy atom. The highest BCUT2D eigenvalue weighted by molar-refractivity contribution is 7.52. The van der Waals surface area contributed by atoms with Crippen LogP contribution in [0, 0.1) is 0 Å². The van der Waals surface area contributed by atoms with Gasteiger partial charge in [-0.3, -0.25) is 4.57 Å². The maximum absolute atomic E-state index is 10.5. The van der Waals surface area contributed by atoms with Crippen LogP contribution < -0.4 is 0 Å². The molecule has 0 aromatic heterocycles. The van der Waals surface area contributed by atoms with Crippen LogP contribution in [0.15, 0.2) is 0 Å². The van der Waals surface area contributed by atoms with Gasteiger partial charge in [-0.2, -0.15) is 0 Å². The van der Waals surface area contributed by atoms with Crippen molar-refractivity contribution in [3.05, 3.63) is 0 Å². The van der Waals surface area contributed by atoms with Crippen molar-refractivity contribution >= 4 is 7.60 Å². The van der Waals surface area contributed by atoms with E-state index in [9.17, 15) is 4.57 Å². The highest BCUT2D eigenvalue weighted by atomic mass is 31.2. The molecule has 0 heterocycles. The molecule has 12 heavy (non-hydrogen) atoms. The molecule has 1 N–H and O–H groups in total. The molecule has 0 aromatic rings.